The molecule has 0 atom stereocenters. The molecule has 0 aliphatic rings. The van der Waals surface area contributed by atoms with E-state index in [1.54, 1.807) is 18.2 Å². The van der Waals surface area contributed by atoms with Gasteiger partial charge in [-0.15, -0.1) is 0 Å². The van der Waals surface area contributed by atoms with E-state index in [-0.39, 0.29) is 5.91 Å². The molecule has 1 N–H and O–H groups in total. The number of carbonyl (C=O) groups is 2. The summed E-state index contributed by atoms with van der Waals surface area (Å²) in [5.74, 6) is 5.43. The van der Waals surface area contributed by atoms with E-state index in [0.717, 1.165) is 19.3 Å². The van der Waals surface area contributed by atoms with Gasteiger partial charge in [0, 0.05) is 18.9 Å². The predicted octanol–water partition coefficient (Wildman–Crippen LogP) is 2.97. The van der Waals surface area contributed by atoms with E-state index >= 15 is 0 Å². The van der Waals surface area contributed by atoms with Crippen LogP contribution >= 0.6 is 0 Å². The van der Waals surface area contributed by atoms with Crippen LogP contribution in [0.4, 0.5) is 5.69 Å². The van der Waals surface area contributed by atoms with Crippen molar-refractivity contribution >= 4 is 17.6 Å². The molecule has 1 amide bonds. The summed E-state index contributed by atoms with van der Waals surface area (Å²) in [6.45, 7) is 3.52. The van der Waals surface area contributed by atoms with E-state index in [9.17, 15) is 9.59 Å². The molecule has 0 unspecified atom stereocenters. The second kappa shape index (κ2) is 8.00. The number of ether oxygens (including phenoxy) is 1. The number of unbranched alkanes of at least 4 members (excludes halogenated alkanes) is 2. The number of esters is 1. The Kier molecular flexibility index (Phi) is 6.31. The number of hydrogen-bond donors (Lipinski definition) is 1. The Morgan fingerprint density at radius 3 is 2.70 bits per heavy atom. The van der Waals surface area contributed by atoms with Gasteiger partial charge >= 0.3 is 5.97 Å². The maximum absolute atomic E-state index is 11.5. The summed E-state index contributed by atoms with van der Waals surface area (Å²) in [5.41, 5.74) is 1.61. The Bertz CT molecular complexity index is 553. The lowest BCUT2D eigenvalue weighted by Gasteiger charge is -2.07. The van der Waals surface area contributed by atoms with Gasteiger partial charge in [-0.05, 0) is 24.6 Å². The van der Waals surface area contributed by atoms with Crippen LogP contribution in [0.5, 0.6) is 0 Å². The fraction of sp³-hybridized carbons (Fsp3) is 0.375. The molecule has 1 aromatic rings. The van der Waals surface area contributed by atoms with Crippen LogP contribution in [0.25, 0.3) is 0 Å². The van der Waals surface area contributed by atoms with E-state index in [4.69, 9.17) is 0 Å². The van der Waals surface area contributed by atoms with Gasteiger partial charge in [0.1, 0.15) is 0 Å². The Labute approximate surface area is 119 Å². The van der Waals surface area contributed by atoms with Crippen molar-refractivity contribution in [1.82, 2.24) is 0 Å². The standard InChI is InChI=1S/C16H19NO3/c1-4-5-6-7-8-13-9-10-14(16(19)20-3)11-15(13)17-12(2)18/h9-11H,4-6H2,1-3H3,(H,17,18). The molecular formula is C16H19NO3. The SMILES string of the molecule is CCCCC#Cc1ccc(C(=O)OC)cc1NC(C)=O. The zero-order valence-corrected chi connectivity index (χ0v) is 12.1. The molecule has 4 nitrogen and oxygen atoms in total. The molecule has 0 aliphatic heterocycles. The highest BCUT2D eigenvalue weighted by Gasteiger charge is 2.09. The Morgan fingerprint density at radius 2 is 2.10 bits per heavy atom. The number of methoxy groups -OCH3 is 1. The average molecular weight is 273 g/mol. The molecule has 0 saturated carbocycles. The third kappa shape index (κ3) is 4.77. The molecule has 106 valence electrons. The minimum Gasteiger partial charge on any atom is -0.465 e. The van der Waals surface area contributed by atoms with E-state index < -0.39 is 5.97 Å². The first kappa shape index (κ1) is 15.8. The first-order valence-corrected chi connectivity index (χ1v) is 6.57. The molecule has 4 heteroatoms. The van der Waals surface area contributed by atoms with E-state index in [1.807, 2.05) is 0 Å². The zero-order valence-electron chi connectivity index (χ0n) is 12.1. The molecule has 0 heterocycles. The number of carbonyl (C=O) groups excluding carboxylic acids is 2. The molecular weight excluding hydrogens is 254 g/mol. The van der Waals surface area contributed by atoms with Crippen molar-refractivity contribution in [3.05, 3.63) is 29.3 Å². The molecule has 0 spiro atoms. The Balaban J connectivity index is 3.05. The highest BCUT2D eigenvalue weighted by Crippen LogP contribution is 2.18. The van der Waals surface area contributed by atoms with Crippen LogP contribution in [-0.4, -0.2) is 19.0 Å². The molecule has 0 aromatic heterocycles. The topological polar surface area (TPSA) is 55.4 Å². The predicted molar refractivity (Wildman–Crippen MR) is 78.5 cm³/mol. The summed E-state index contributed by atoms with van der Waals surface area (Å²) in [6, 6.07) is 4.94. The third-order valence-corrected chi connectivity index (χ3v) is 2.63. The second-order valence-electron chi connectivity index (χ2n) is 4.34. The number of benzene rings is 1. The van der Waals surface area contributed by atoms with Crippen LogP contribution in [0.2, 0.25) is 0 Å². The summed E-state index contributed by atoms with van der Waals surface area (Å²) >= 11 is 0. The quantitative estimate of drug-likeness (QED) is 0.521. The lowest BCUT2D eigenvalue weighted by Crippen LogP contribution is -2.09. The number of anilines is 1. The number of rotatable bonds is 4. The van der Waals surface area contributed by atoms with Gasteiger partial charge in [-0.1, -0.05) is 25.2 Å². The minimum atomic E-state index is -0.443. The van der Waals surface area contributed by atoms with Crippen molar-refractivity contribution in [3.8, 4) is 11.8 Å². The largest absolute Gasteiger partial charge is 0.465 e. The summed E-state index contributed by atoms with van der Waals surface area (Å²) in [4.78, 5) is 22.7. The van der Waals surface area contributed by atoms with Gasteiger partial charge in [0.15, 0.2) is 0 Å². The molecule has 0 radical (unpaired) electrons. The first-order chi connectivity index (χ1) is 9.58. The van der Waals surface area contributed by atoms with E-state index in [0.29, 0.717) is 16.8 Å². The minimum absolute atomic E-state index is 0.205. The molecule has 0 fully saturated rings. The number of nitrogens with one attached hydrogen (secondary N) is 1. The van der Waals surface area contributed by atoms with Crippen LogP contribution in [0.3, 0.4) is 0 Å². The van der Waals surface area contributed by atoms with E-state index in [2.05, 4.69) is 28.8 Å². The maximum Gasteiger partial charge on any atom is 0.337 e. The van der Waals surface area contributed by atoms with Crippen LogP contribution < -0.4 is 5.32 Å². The molecule has 1 aromatic carbocycles. The maximum atomic E-state index is 11.5. The normalized spacial score (nSPS) is 9.35. The summed E-state index contributed by atoms with van der Waals surface area (Å²) < 4.78 is 4.66. The van der Waals surface area contributed by atoms with Crippen molar-refractivity contribution in [2.24, 2.45) is 0 Å². The van der Waals surface area contributed by atoms with Crippen molar-refractivity contribution in [2.45, 2.75) is 33.1 Å². The third-order valence-electron chi connectivity index (χ3n) is 2.63. The number of hydrogen-bond acceptors (Lipinski definition) is 3. The Morgan fingerprint density at radius 1 is 1.35 bits per heavy atom. The zero-order chi connectivity index (χ0) is 15.0. The van der Waals surface area contributed by atoms with Gasteiger partial charge in [-0.25, -0.2) is 4.79 Å². The molecule has 0 bridgehead atoms. The van der Waals surface area contributed by atoms with Crippen molar-refractivity contribution in [1.29, 1.82) is 0 Å². The first-order valence-electron chi connectivity index (χ1n) is 6.57. The van der Waals surface area contributed by atoms with Crippen molar-refractivity contribution < 1.29 is 14.3 Å². The lowest BCUT2D eigenvalue weighted by molar-refractivity contribution is -0.114. The fourth-order valence-electron chi connectivity index (χ4n) is 1.61. The van der Waals surface area contributed by atoms with Crippen LogP contribution in [0.1, 0.15) is 49.0 Å². The summed E-state index contributed by atoms with van der Waals surface area (Å²) in [5, 5.41) is 2.68. The van der Waals surface area contributed by atoms with Gasteiger partial charge in [0.25, 0.3) is 0 Å². The van der Waals surface area contributed by atoms with Gasteiger partial charge in [-0.2, -0.15) is 0 Å². The monoisotopic (exact) mass is 273 g/mol. The summed E-state index contributed by atoms with van der Waals surface area (Å²) in [6.07, 6.45) is 2.95. The summed E-state index contributed by atoms with van der Waals surface area (Å²) in [7, 11) is 1.32. The number of amides is 1. The van der Waals surface area contributed by atoms with Crippen molar-refractivity contribution in [2.75, 3.05) is 12.4 Å². The van der Waals surface area contributed by atoms with Crippen LogP contribution in [0.15, 0.2) is 18.2 Å². The van der Waals surface area contributed by atoms with Gasteiger partial charge in [-0.3, -0.25) is 4.79 Å². The average Bonchev–Trinajstić information content (AvgIpc) is 2.43. The fourth-order valence-corrected chi connectivity index (χ4v) is 1.61. The molecule has 20 heavy (non-hydrogen) atoms. The van der Waals surface area contributed by atoms with Crippen LogP contribution in [0, 0.1) is 11.8 Å². The van der Waals surface area contributed by atoms with Gasteiger partial charge < -0.3 is 10.1 Å². The van der Waals surface area contributed by atoms with E-state index in [1.165, 1.54) is 14.0 Å². The van der Waals surface area contributed by atoms with Gasteiger partial charge in [0.2, 0.25) is 5.91 Å². The van der Waals surface area contributed by atoms with Crippen molar-refractivity contribution in [3.63, 3.8) is 0 Å². The smallest absolute Gasteiger partial charge is 0.337 e. The molecule has 0 aliphatic carbocycles. The highest BCUT2D eigenvalue weighted by molar-refractivity contribution is 5.95. The molecule has 1 rings (SSSR count). The lowest BCUT2D eigenvalue weighted by atomic mass is 10.1. The molecule has 0 saturated heterocycles. The highest BCUT2D eigenvalue weighted by atomic mass is 16.5. The van der Waals surface area contributed by atoms with Gasteiger partial charge in [0.05, 0.1) is 18.4 Å². The Hall–Kier alpha value is -2.28. The second-order valence-corrected chi connectivity index (χ2v) is 4.34. The van der Waals surface area contributed by atoms with Crippen LogP contribution in [-0.2, 0) is 9.53 Å².